The summed E-state index contributed by atoms with van der Waals surface area (Å²) in [4.78, 5) is 12.3. The molecular weight excluding hydrogens is 381 g/mol. The Kier molecular flexibility index (Phi) is 10.5. The molecule has 0 radical (unpaired) electrons. The number of rotatable bonds is 10. The molecule has 0 atom stereocenters. The van der Waals surface area contributed by atoms with Crippen molar-refractivity contribution in [3.05, 3.63) is 9.67 Å². The van der Waals surface area contributed by atoms with Crippen LogP contribution in [0.25, 0.3) is 0 Å². The van der Waals surface area contributed by atoms with E-state index in [0.29, 0.717) is 19.8 Å². The third-order valence-corrected chi connectivity index (χ3v) is 18.9. The molecule has 1 saturated heterocycles. The van der Waals surface area contributed by atoms with Crippen molar-refractivity contribution in [1.82, 2.24) is 5.32 Å². The van der Waals surface area contributed by atoms with E-state index in [0.717, 1.165) is 5.57 Å². The molecule has 22 heavy (non-hydrogen) atoms. The second-order valence-electron chi connectivity index (χ2n) is 6.65. The number of unbranched alkanes of at least 4 members (excludes halogenated alkanes) is 3. The molecule has 4 heteroatoms. The van der Waals surface area contributed by atoms with Gasteiger partial charge in [-0.05, 0) is 0 Å². The van der Waals surface area contributed by atoms with E-state index in [2.05, 4.69) is 30.2 Å². The average Bonchev–Trinajstić information content (AvgIpc) is 2.73. The van der Waals surface area contributed by atoms with E-state index in [4.69, 9.17) is 4.74 Å². The fraction of sp³-hybridized carbons (Fsp3) is 0.833. The molecule has 0 unspecified atom stereocenters. The predicted molar refractivity (Wildman–Crippen MR) is 96.8 cm³/mol. The summed E-state index contributed by atoms with van der Waals surface area (Å²) in [6.45, 7) is 8.66. The van der Waals surface area contributed by atoms with Gasteiger partial charge in [-0.15, -0.1) is 0 Å². The number of hydrogen-bond acceptors (Lipinski definition) is 2. The number of hydrogen-bond donors (Lipinski definition) is 1. The molecule has 1 fully saturated rings. The summed E-state index contributed by atoms with van der Waals surface area (Å²) >= 11 is -2.38. The summed E-state index contributed by atoms with van der Waals surface area (Å²) in [6.07, 6.45) is 7.79. The van der Waals surface area contributed by atoms with E-state index in [1.165, 1.54) is 51.8 Å². The predicted octanol–water partition coefficient (Wildman–Crippen LogP) is 4.45. The monoisotopic (exact) mass is 417 g/mol. The van der Waals surface area contributed by atoms with Crippen LogP contribution in [0.4, 0.5) is 0 Å². The van der Waals surface area contributed by atoms with Gasteiger partial charge in [0, 0.05) is 0 Å². The number of nitrogens with one attached hydrogen (secondary N) is 1. The topological polar surface area (TPSA) is 38.3 Å². The van der Waals surface area contributed by atoms with Crippen molar-refractivity contribution in [2.45, 2.75) is 72.6 Å². The summed E-state index contributed by atoms with van der Waals surface area (Å²) in [7, 11) is 0. The van der Waals surface area contributed by atoms with Crippen LogP contribution in [0.2, 0.25) is 13.3 Å². The minimum absolute atomic E-state index is 0.128. The van der Waals surface area contributed by atoms with E-state index >= 15 is 0 Å². The van der Waals surface area contributed by atoms with Crippen LogP contribution in [-0.2, 0) is 9.53 Å². The summed E-state index contributed by atoms with van der Waals surface area (Å²) in [5.41, 5.74) is 0.941. The fourth-order valence-corrected chi connectivity index (χ4v) is 18.4. The molecule has 0 aromatic heterocycles. The molecule has 128 valence electrons. The van der Waals surface area contributed by atoms with Crippen LogP contribution in [0.1, 0.15) is 59.3 Å². The van der Waals surface area contributed by atoms with Crippen molar-refractivity contribution in [2.75, 3.05) is 19.8 Å². The number of carbonyl (C=O) groups is 1. The average molecular weight is 416 g/mol. The van der Waals surface area contributed by atoms with Gasteiger partial charge in [0.25, 0.3) is 0 Å². The van der Waals surface area contributed by atoms with Gasteiger partial charge in [-0.1, -0.05) is 0 Å². The Morgan fingerprint density at radius 3 is 2.09 bits per heavy atom. The van der Waals surface area contributed by atoms with Crippen LogP contribution < -0.4 is 5.32 Å². The van der Waals surface area contributed by atoms with E-state index in [1.807, 2.05) is 0 Å². The first-order chi connectivity index (χ1) is 10.7. The molecule has 3 nitrogen and oxygen atoms in total. The van der Waals surface area contributed by atoms with E-state index in [-0.39, 0.29) is 5.91 Å². The molecule has 0 bridgehead atoms. The summed E-state index contributed by atoms with van der Waals surface area (Å²) < 4.78 is 12.3. The number of amides is 1. The molecule has 1 aliphatic rings. The molecule has 0 aliphatic carbocycles. The Morgan fingerprint density at radius 1 is 1.05 bits per heavy atom. The van der Waals surface area contributed by atoms with E-state index < -0.39 is 18.4 Å². The van der Waals surface area contributed by atoms with Crippen molar-refractivity contribution < 1.29 is 9.53 Å². The van der Waals surface area contributed by atoms with Gasteiger partial charge in [-0.2, -0.15) is 0 Å². The van der Waals surface area contributed by atoms with Crippen molar-refractivity contribution in [3.8, 4) is 0 Å². The van der Waals surface area contributed by atoms with Crippen LogP contribution in [0, 0.1) is 0 Å². The first kappa shape index (κ1) is 20.0. The van der Waals surface area contributed by atoms with Crippen molar-refractivity contribution >= 4 is 24.3 Å². The molecule has 1 amide bonds. The van der Waals surface area contributed by atoms with Crippen molar-refractivity contribution in [1.29, 1.82) is 0 Å². The Bertz CT molecular complexity index is 333. The second kappa shape index (κ2) is 11.5. The molecule has 1 aliphatic heterocycles. The van der Waals surface area contributed by atoms with Crippen molar-refractivity contribution in [3.63, 3.8) is 0 Å². The maximum absolute atomic E-state index is 12.3. The summed E-state index contributed by atoms with van der Waals surface area (Å²) in [5.74, 6) is 0.128. The van der Waals surface area contributed by atoms with Gasteiger partial charge in [0.2, 0.25) is 0 Å². The Hall–Kier alpha value is -0.0313. The zero-order valence-corrected chi connectivity index (χ0v) is 17.7. The fourth-order valence-electron chi connectivity index (χ4n) is 3.25. The van der Waals surface area contributed by atoms with Gasteiger partial charge in [-0.25, -0.2) is 0 Å². The number of ether oxygens (including phenoxy) is 1. The zero-order chi connectivity index (χ0) is 16.3. The van der Waals surface area contributed by atoms with Gasteiger partial charge in [0.1, 0.15) is 0 Å². The van der Waals surface area contributed by atoms with Gasteiger partial charge in [-0.3, -0.25) is 0 Å². The van der Waals surface area contributed by atoms with Crippen LogP contribution in [0.3, 0.4) is 0 Å². The van der Waals surface area contributed by atoms with Gasteiger partial charge >= 0.3 is 141 Å². The molecule has 0 spiro atoms. The van der Waals surface area contributed by atoms with Crippen LogP contribution >= 0.6 is 0 Å². The second-order valence-corrected chi connectivity index (χ2v) is 19.5. The molecule has 0 aromatic carbocycles. The standard InChI is InChI=1S/C6H8NO2.3C4H9.Sn/c1-5-4-9-3-2-7-6(5)8;3*1-3-4-2;/h1H,2-4H2,(H,7,8);3*1,3-4H2,2H3;. The zero-order valence-electron chi connectivity index (χ0n) is 14.9. The third-order valence-electron chi connectivity index (χ3n) is 4.65. The molecular formula is C18H35NO2Sn. The Morgan fingerprint density at radius 2 is 1.59 bits per heavy atom. The normalized spacial score (nSPS) is 18.3. The van der Waals surface area contributed by atoms with Crippen molar-refractivity contribution in [2.24, 2.45) is 0 Å². The molecule has 0 aromatic rings. The molecule has 1 heterocycles. The number of carbonyl (C=O) groups excluding carboxylic acids is 1. The van der Waals surface area contributed by atoms with Crippen LogP contribution in [-0.4, -0.2) is 44.0 Å². The molecule has 0 saturated carbocycles. The SMILES string of the molecule is CCC[CH2][Sn](/[CH]=C1/COCCNC1=O)([CH2]CCC)[CH2]CCC. The van der Waals surface area contributed by atoms with Crippen LogP contribution in [0.15, 0.2) is 9.67 Å². The van der Waals surface area contributed by atoms with E-state index in [9.17, 15) is 4.79 Å². The van der Waals surface area contributed by atoms with Crippen LogP contribution in [0.5, 0.6) is 0 Å². The first-order valence-corrected chi connectivity index (χ1v) is 17.0. The van der Waals surface area contributed by atoms with Gasteiger partial charge < -0.3 is 0 Å². The Balaban J connectivity index is 2.98. The first-order valence-electron chi connectivity index (χ1n) is 9.25. The minimum atomic E-state index is -2.38. The van der Waals surface area contributed by atoms with Gasteiger partial charge in [0.15, 0.2) is 0 Å². The maximum atomic E-state index is 12.3. The summed E-state index contributed by atoms with van der Waals surface area (Å²) in [5, 5.41) is 2.99. The summed E-state index contributed by atoms with van der Waals surface area (Å²) in [6, 6.07) is 0. The Labute approximate surface area is 141 Å². The quantitative estimate of drug-likeness (QED) is 0.422. The molecule has 1 rings (SSSR count). The molecule has 1 N–H and O–H groups in total. The van der Waals surface area contributed by atoms with Gasteiger partial charge in [0.05, 0.1) is 0 Å². The van der Waals surface area contributed by atoms with E-state index in [1.54, 1.807) is 0 Å². The third kappa shape index (κ3) is 7.03.